The second-order valence-electron chi connectivity index (χ2n) is 8.92. The standard InChI is InChI=1S/C12H19N5O.C9H13F2N5/c13-12-15-10(14-9-1-2-9)5-11(16-12)17-4-3-8(6-17)7-18;1-13-6-4-7(15-8(12)14-6)16-3-2-9(10,11)5-16/h5,8-9,18H,1-4,6-7H2,(H3,13,14,15,16);4H,2-3,5H2,1H3,(H3,12,13,14,15). The van der Waals surface area contributed by atoms with Gasteiger partial charge in [0.05, 0.1) is 6.54 Å². The smallest absolute Gasteiger partial charge is 0.266 e. The highest BCUT2D eigenvalue weighted by atomic mass is 19.3. The van der Waals surface area contributed by atoms with Crippen molar-refractivity contribution in [3.8, 4) is 0 Å². The van der Waals surface area contributed by atoms with Crippen LogP contribution in [0.25, 0.3) is 0 Å². The first-order valence-electron chi connectivity index (χ1n) is 11.5. The number of halogens is 2. The molecule has 2 aromatic heterocycles. The van der Waals surface area contributed by atoms with E-state index in [1.54, 1.807) is 13.1 Å². The third-order valence-corrected chi connectivity index (χ3v) is 6.01. The van der Waals surface area contributed by atoms with Gasteiger partial charge in [0.2, 0.25) is 11.9 Å². The molecule has 1 atom stereocenters. The van der Waals surface area contributed by atoms with Crippen molar-refractivity contribution in [1.82, 2.24) is 19.9 Å². The van der Waals surface area contributed by atoms with Crippen molar-refractivity contribution in [2.24, 2.45) is 5.92 Å². The van der Waals surface area contributed by atoms with Crippen molar-refractivity contribution in [1.29, 1.82) is 0 Å². The molecule has 1 saturated carbocycles. The van der Waals surface area contributed by atoms with E-state index in [0.717, 1.165) is 31.1 Å². The van der Waals surface area contributed by atoms with E-state index in [9.17, 15) is 13.9 Å². The van der Waals surface area contributed by atoms with E-state index in [1.165, 1.54) is 17.7 Å². The highest BCUT2D eigenvalue weighted by Crippen LogP contribution is 2.31. The van der Waals surface area contributed by atoms with Gasteiger partial charge in [-0.1, -0.05) is 0 Å². The lowest BCUT2D eigenvalue weighted by molar-refractivity contribution is 0.0256. The van der Waals surface area contributed by atoms with Gasteiger partial charge in [-0.15, -0.1) is 0 Å². The molecule has 0 spiro atoms. The summed E-state index contributed by atoms with van der Waals surface area (Å²) in [6, 6.07) is 4.11. The van der Waals surface area contributed by atoms with Gasteiger partial charge in [0.25, 0.3) is 5.92 Å². The number of aromatic nitrogens is 4. The predicted molar refractivity (Wildman–Crippen MR) is 128 cm³/mol. The number of rotatable bonds is 6. The third-order valence-electron chi connectivity index (χ3n) is 6.01. The van der Waals surface area contributed by atoms with E-state index in [4.69, 9.17) is 11.5 Å². The van der Waals surface area contributed by atoms with Gasteiger partial charge >= 0.3 is 0 Å². The summed E-state index contributed by atoms with van der Waals surface area (Å²) in [7, 11) is 1.68. The van der Waals surface area contributed by atoms with E-state index in [1.807, 2.05) is 6.07 Å². The molecule has 0 radical (unpaired) electrons. The van der Waals surface area contributed by atoms with Crippen LogP contribution in [0.1, 0.15) is 25.7 Å². The minimum atomic E-state index is -2.64. The molecule has 7 N–H and O–H groups in total. The SMILES string of the molecule is CNc1cc(N2CCC(F)(F)C2)nc(N)n1.Nc1nc(NC2CC2)cc(N2CCC(CO)C2)n1. The van der Waals surface area contributed by atoms with Crippen LogP contribution in [0.3, 0.4) is 0 Å². The molecule has 2 aromatic rings. The molecule has 0 amide bonds. The van der Waals surface area contributed by atoms with Crippen LogP contribution in [0.4, 0.5) is 43.9 Å². The quantitative estimate of drug-likeness (QED) is 0.409. The van der Waals surface area contributed by atoms with Crippen LogP contribution >= 0.6 is 0 Å². The Hall–Kier alpha value is -3.22. The van der Waals surface area contributed by atoms with Crippen molar-refractivity contribution < 1.29 is 13.9 Å². The second kappa shape index (κ2) is 9.95. The molecular formula is C21H32F2N10O. The second-order valence-corrected chi connectivity index (χ2v) is 8.92. The van der Waals surface area contributed by atoms with E-state index >= 15 is 0 Å². The van der Waals surface area contributed by atoms with Gasteiger partial charge in [0.15, 0.2) is 0 Å². The average molecular weight is 479 g/mol. The Bertz CT molecular complexity index is 990. The zero-order valence-corrected chi connectivity index (χ0v) is 19.2. The fourth-order valence-electron chi connectivity index (χ4n) is 3.99. The van der Waals surface area contributed by atoms with Gasteiger partial charge in [0, 0.05) is 63.8 Å². The number of nitrogens with zero attached hydrogens (tertiary/aromatic N) is 6. The molecule has 4 heterocycles. The molecule has 0 aromatic carbocycles. The lowest BCUT2D eigenvalue weighted by atomic mass is 10.1. The Morgan fingerprint density at radius 3 is 2.21 bits per heavy atom. The summed E-state index contributed by atoms with van der Waals surface area (Å²) in [5.74, 6) is 0.737. The number of aliphatic hydroxyl groups is 1. The van der Waals surface area contributed by atoms with Crippen molar-refractivity contribution in [2.75, 3.05) is 71.7 Å². The first-order valence-corrected chi connectivity index (χ1v) is 11.5. The van der Waals surface area contributed by atoms with Gasteiger partial charge < -0.3 is 37.0 Å². The highest BCUT2D eigenvalue weighted by Gasteiger charge is 2.39. The molecule has 11 nitrogen and oxygen atoms in total. The number of alkyl halides is 2. The van der Waals surface area contributed by atoms with Gasteiger partial charge in [-0.2, -0.15) is 19.9 Å². The number of hydrogen-bond donors (Lipinski definition) is 5. The minimum absolute atomic E-state index is 0.0806. The molecule has 0 bridgehead atoms. The average Bonchev–Trinajstić information content (AvgIpc) is 3.33. The molecule has 2 aliphatic heterocycles. The highest BCUT2D eigenvalue weighted by molar-refractivity contribution is 5.54. The van der Waals surface area contributed by atoms with Crippen molar-refractivity contribution in [2.45, 2.75) is 37.6 Å². The van der Waals surface area contributed by atoms with Crippen LogP contribution < -0.4 is 31.9 Å². The maximum atomic E-state index is 13.0. The number of anilines is 6. The molecular weight excluding hydrogens is 446 g/mol. The van der Waals surface area contributed by atoms with Gasteiger partial charge in [-0.05, 0) is 19.3 Å². The molecule has 3 fully saturated rings. The molecule has 3 aliphatic rings. The lowest BCUT2D eigenvalue weighted by Crippen LogP contribution is -2.26. The molecule has 5 rings (SSSR count). The van der Waals surface area contributed by atoms with Crippen LogP contribution in [0.2, 0.25) is 0 Å². The van der Waals surface area contributed by atoms with Crippen molar-refractivity contribution in [3.63, 3.8) is 0 Å². The van der Waals surface area contributed by atoms with Crippen molar-refractivity contribution in [3.05, 3.63) is 12.1 Å². The van der Waals surface area contributed by atoms with Gasteiger partial charge in [-0.25, -0.2) is 8.78 Å². The molecule has 2 saturated heterocycles. The van der Waals surface area contributed by atoms with Crippen LogP contribution in [-0.2, 0) is 0 Å². The van der Waals surface area contributed by atoms with Crippen LogP contribution in [0, 0.1) is 5.92 Å². The lowest BCUT2D eigenvalue weighted by Gasteiger charge is -2.18. The largest absolute Gasteiger partial charge is 0.396 e. The number of nitrogen functional groups attached to an aromatic ring is 2. The number of hydrogen-bond acceptors (Lipinski definition) is 11. The molecule has 1 unspecified atom stereocenters. The van der Waals surface area contributed by atoms with Gasteiger partial charge in [-0.3, -0.25) is 0 Å². The van der Waals surface area contributed by atoms with Gasteiger partial charge in [0.1, 0.15) is 23.3 Å². The Morgan fingerprint density at radius 2 is 1.65 bits per heavy atom. The molecule has 186 valence electrons. The topological polar surface area (TPSA) is 154 Å². The predicted octanol–water partition coefficient (Wildman–Crippen LogP) is 1.40. The Balaban J connectivity index is 0.000000162. The van der Waals surface area contributed by atoms with Crippen LogP contribution in [-0.4, -0.2) is 76.8 Å². The normalized spacial score (nSPS) is 21.2. The van der Waals surface area contributed by atoms with Crippen LogP contribution in [0.15, 0.2) is 12.1 Å². The third kappa shape index (κ3) is 6.22. The van der Waals surface area contributed by atoms with Crippen LogP contribution in [0.5, 0.6) is 0 Å². The molecule has 1 aliphatic carbocycles. The fraction of sp³-hybridized carbons (Fsp3) is 0.619. The summed E-state index contributed by atoms with van der Waals surface area (Å²) >= 11 is 0. The summed E-state index contributed by atoms with van der Waals surface area (Å²) in [6.45, 7) is 1.98. The monoisotopic (exact) mass is 478 g/mol. The summed E-state index contributed by atoms with van der Waals surface area (Å²) in [4.78, 5) is 20.0. The summed E-state index contributed by atoms with van der Waals surface area (Å²) in [5, 5.41) is 15.3. The van der Waals surface area contributed by atoms with E-state index in [0.29, 0.717) is 29.5 Å². The summed E-state index contributed by atoms with van der Waals surface area (Å²) in [6.07, 6.45) is 3.27. The Labute approximate surface area is 197 Å². The van der Waals surface area contributed by atoms with E-state index < -0.39 is 5.92 Å². The van der Waals surface area contributed by atoms with Crippen molar-refractivity contribution >= 4 is 35.2 Å². The Kier molecular flexibility index (Phi) is 7.00. The summed E-state index contributed by atoms with van der Waals surface area (Å²) in [5.41, 5.74) is 11.2. The number of nitrogens with two attached hydrogens (primary N) is 2. The first-order chi connectivity index (χ1) is 16.2. The Morgan fingerprint density at radius 1 is 1.00 bits per heavy atom. The summed E-state index contributed by atoms with van der Waals surface area (Å²) < 4.78 is 26.1. The molecule has 13 heteroatoms. The van der Waals surface area contributed by atoms with E-state index in [2.05, 4.69) is 35.5 Å². The minimum Gasteiger partial charge on any atom is -0.396 e. The van der Waals surface area contributed by atoms with E-state index in [-0.39, 0.29) is 32.1 Å². The molecule has 34 heavy (non-hydrogen) atoms. The maximum absolute atomic E-state index is 13.0. The fourth-order valence-corrected chi connectivity index (χ4v) is 3.99. The first kappa shape index (κ1) is 23.9. The number of aliphatic hydroxyl groups excluding tert-OH is 1. The zero-order valence-electron chi connectivity index (χ0n) is 19.2. The maximum Gasteiger partial charge on any atom is 0.266 e. The number of nitrogens with one attached hydrogen (secondary N) is 2. The zero-order chi connectivity index (χ0) is 24.3.